The summed E-state index contributed by atoms with van der Waals surface area (Å²) in [5.41, 5.74) is 1.38. The van der Waals surface area contributed by atoms with E-state index in [0.717, 1.165) is 30.9 Å². The second-order valence-corrected chi connectivity index (χ2v) is 5.10. The summed E-state index contributed by atoms with van der Waals surface area (Å²) in [6.07, 6.45) is 4.98. The summed E-state index contributed by atoms with van der Waals surface area (Å²) in [6.45, 7) is 4.93. The molecule has 0 unspecified atom stereocenters. The molecule has 1 N–H and O–H groups in total. The van der Waals surface area contributed by atoms with Gasteiger partial charge in [-0.3, -0.25) is 0 Å². The zero-order chi connectivity index (χ0) is 13.5. The number of hydrogen-bond donors (Lipinski definition) is 1. The van der Waals surface area contributed by atoms with E-state index in [-0.39, 0.29) is 0 Å². The second kappa shape index (κ2) is 7.10. The van der Waals surface area contributed by atoms with Crippen molar-refractivity contribution in [2.75, 3.05) is 0 Å². The lowest BCUT2D eigenvalue weighted by atomic mass is 10.1. The van der Waals surface area contributed by atoms with E-state index in [2.05, 4.69) is 48.4 Å². The van der Waals surface area contributed by atoms with Crippen LogP contribution in [0.5, 0.6) is 0 Å². The molecule has 0 atom stereocenters. The molecular formula is C16H22N2O. The van der Waals surface area contributed by atoms with Gasteiger partial charge in [0.15, 0.2) is 0 Å². The van der Waals surface area contributed by atoms with Crippen LogP contribution in [0.15, 0.2) is 40.9 Å². The Kier molecular flexibility index (Phi) is 5.16. The van der Waals surface area contributed by atoms with Crippen molar-refractivity contribution in [1.82, 2.24) is 10.3 Å². The molecule has 2 rings (SSSR count). The van der Waals surface area contributed by atoms with E-state index in [1.54, 1.807) is 0 Å². The fraction of sp³-hybridized carbons (Fsp3) is 0.438. The van der Waals surface area contributed by atoms with Crippen LogP contribution in [-0.4, -0.2) is 11.0 Å². The molecule has 2 aromatic rings. The number of rotatable bonds is 7. The Morgan fingerprint density at radius 2 is 1.95 bits per heavy atom. The van der Waals surface area contributed by atoms with Crippen molar-refractivity contribution in [1.29, 1.82) is 0 Å². The molecule has 3 nitrogen and oxygen atoms in total. The second-order valence-electron chi connectivity index (χ2n) is 5.10. The number of oxazole rings is 1. The summed E-state index contributed by atoms with van der Waals surface area (Å²) >= 11 is 0. The van der Waals surface area contributed by atoms with E-state index in [4.69, 9.17) is 4.42 Å². The Bertz CT molecular complexity index is 477. The summed E-state index contributed by atoms with van der Waals surface area (Å²) < 4.78 is 5.70. The van der Waals surface area contributed by atoms with Crippen molar-refractivity contribution in [3.05, 3.63) is 53.7 Å². The van der Waals surface area contributed by atoms with Crippen molar-refractivity contribution >= 4 is 0 Å². The molecule has 0 saturated heterocycles. The summed E-state index contributed by atoms with van der Waals surface area (Å²) in [5.74, 6) is 1.76. The van der Waals surface area contributed by atoms with Crippen LogP contribution in [0.3, 0.4) is 0 Å². The fourth-order valence-electron chi connectivity index (χ4n) is 1.95. The maximum atomic E-state index is 5.70. The van der Waals surface area contributed by atoms with Gasteiger partial charge in [-0.25, -0.2) is 4.98 Å². The Balaban J connectivity index is 1.74. The van der Waals surface area contributed by atoms with Gasteiger partial charge in [0.25, 0.3) is 0 Å². The molecule has 1 aromatic heterocycles. The minimum absolute atomic E-state index is 0.452. The van der Waals surface area contributed by atoms with Gasteiger partial charge in [0.2, 0.25) is 5.89 Å². The van der Waals surface area contributed by atoms with Gasteiger partial charge in [0, 0.05) is 12.5 Å². The Morgan fingerprint density at radius 3 is 2.68 bits per heavy atom. The van der Waals surface area contributed by atoms with Crippen LogP contribution < -0.4 is 5.32 Å². The number of aryl methyl sites for hydroxylation is 2. The molecular weight excluding hydrogens is 236 g/mol. The highest BCUT2D eigenvalue weighted by molar-refractivity contribution is 5.14. The SMILES string of the molecule is CC(C)NCc1ncc(CCCc2ccccc2)o1. The molecule has 102 valence electrons. The summed E-state index contributed by atoms with van der Waals surface area (Å²) in [5, 5.41) is 3.30. The highest BCUT2D eigenvalue weighted by atomic mass is 16.4. The average molecular weight is 258 g/mol. The number of benzene rings is 1. The minimum atomic E-state index is 0.452. The lowest BCUT2D eigenvalue weighted by Crippen LogP contribution is -2.21. The first-order valence-electron chi connectivity index (χ1n) is 6.95. The van der Waals surface area contributed by atoms with E-state index in [1.165, 1.54) is 5.56 Å². The zero-order valence-corrected chi connectivity index (χ0v) is 11.7. The molecule has 0 aliphatic heterocycles. The summed E-state index contributed by atoms with van der Waals surface area (Å²) in [7, 11) is 0. The Hall–Kier alpha value is -1.61. The largest absolute Gasteiger partial charge is 0.444 e. The molecule has 0 saturated carbocycles. The molecule has 0 aliphatic carbocycles. The molecule has 1 heterocycles. The highest BCUT2D eigenvalue weighted by Gasteiger charge is 2.04. The third kappa shape index (κ3) is 4.87. The maximum Gasteiger partial charge on any atom is 0.208 e. The van der Waals surface area contributed by atoms with Crippen LogP contribution >= 0.6 is 0 Å². The van der Waals surface area contributed by atoms with Crippen LogP contribution in [0, 0.1) is 0 Å². The third-order valence-corrected chi connectivity index (χ3v) is 2.99. The van der Waals surface area contributed by atoms with Gasteiger partial charge >= 0.3 is 0 Å². The molecule has 1 aromatic carbocycles. The number of nitrogens with zero attached hydrogens (tertiary/aromatic N) is 1. The van der Waals surface area contributed by atoms with E-state index in [0.29, 0.717) is 12.6 Å². The third-order valence-electron chi connectivity index (χ3n) is 2.99. The number of nitrogens with one attached hydrogen (secondary N) is 1. The predicted octanol–water partition coefficient (Wildman–Crippen LogP) is 3.35. The van der Waals surface area contributed by atoms with Gasteiger partial charge in [-0.1, -0.05) is 44.2 Å². The molecule has 0 amide bonds. The minimum Gasteiger partial charge on any atom is -0.444 e. The molecule has 3 heteroatoms. The van der Waals surface area contributed by atoms with Crippen LogP contribution in [-0.2, 0) is 19.4 Å². The van der Waals surface area contributed by atoms with Gasteiger partial charge in [0.05, 0.1) is 12.7 Å². The quantitative estimate of drug-likeness (QED) is 0.827. The summed E-state index contributed by atoms with van der Waals surface area (Å²) in [4.78, 5) is 4.28. The van der Waals surface area contributed by atoms with Crippen molar-refractivity contribution in [2.24, 2.45) is 0 Å². The lowest BCUT2D eigenvalue weighted by molar-refractivity contribution is 0.421. The smallest absolute Gasteiger partial charge is 0.208 e. The van der Waals surface area contributed by atoms with Crippen LogP contribution in [0.2, 0.25) is 0 Å². The van der Waals surface area contributed by atoms with Gasteiger partial charge in [-0.05, 0) is 18.4 Å². The first-order chi connectivity index (χ1) is 9.24. The van der Waals surface area contributed by atoms with E-state index in [9.17, 15) is 0 Å². The zero-order valence-electron chi connectivity index (χ0n) is 11.7. The van der Waals surface area contributed by atoms with Crippen LogP contribution in [0.25, 0.3) is 0 Å². The van der Waals surface area contributed by atoms with E-state index < -0.39 is 0 Å². The van der Waals surface area contributed by atoms with Gasteiger partial charge in [0.1, 0.15) is 5.76 Å². The first kappa shape index (κ1) is 13.8. The number of aromatic nitrogens is 1. The molecule has 19 heavy (non-hydrogen) atoms. The summed E-state index contributed by atoms with van der Waals surface area (Å²) in [6, 6.07) is 11.0. The van der Waals surface area contributed by atoms with E-state index in [1.807, 2.05) is 12.3 Å². The normalized spacial score (nSPS) is 11.1. The Labute approximate surface area is 115 Å². The van der Waals surface area contributed by atoms with Gasteiger partial charge in [-0.15, -0.1) is 0 Å². The molecule has 0 bridgehead atoms. The fourth-order valence-corrected chi connectivity index (χ4v) is 1.95. The molecule has 0 aliphatic rings. The van der Waals surface area contributed by atoms with Crippen molar-refractivity contribution in [3.8, 4) is 0 Å². The van der Waals surface area contributed by atoms with Gasteiger partial charge in [-0.2, -0.15) is 0 Å². The van der Waals surface area contributed by atoms with Crippen molar-refractivity contribution in [2.45, 2.75) is 45.7 Å². The average Bonchev–Trinajstić information content (AvgIpc) is 2.86. The van der Waals surface area contributed by atoms with Crippen molar-refractivity contribution in [3.63, 3.8) is 0 Å². The highest BCUT2D eigenvalue weighted by Crippen LogP contribution is 2.10. The van der Waals surface area contributed by atoms with Gasteiger partial charge < -0.3 is 9.73 Å². The van der Waals surface area contributed by atoms with Crippen LogP contribution in [0.4, 0.5) is 0 Å². The Morgan fingerprint density at radius 1 is 1.16 bits per heavy atom. The lowest BCUT2D eigenvalue weighted by Gasteiger charge is -2.04. The first-order valence-corrected chi connectivity index (χ1v) is 6.95. The monoisotopic (exact) mass is 258 g/mol. The molecule has 0 radical (unpaired) electrons. The van der Waals surface area contributed by atoms with Crippen molar-refractivity contribution < 1.29 is 4.42 Å². The number of hydrogen-bond acceptors (Lipinski definition) is 3. The standard InChI is InChI=1S/C16H22N2O/c1-13(2)17-12-16-18-11-15(19-16)10-6-9-14-7-4-3-5-8-14/h3-5,7-8,11,13,17H,6,9-10,12H2,1-2H3. The molecule has 0 spiro atoms. The predicted molar refractivity (Wildman–Crippen MR) is 76.9 cm³/mol. The molecule has 0 fully saturated rings. The maximum absolute atomic E-state index is 5.70. The van der Waals surface area contributed by atoms with E-state index >= 15 is 0 Å². The van der Waals surface area contributed by atoms with Crippen LogP contribution in [0.1, 0.15) is 37.5 Å². The topological polar surface area (TPSA) is 38.1 Å².